The van der Waals surface area contributed by atoms with E-state index in [4.69, 9.17) is 0 Å². The lowest BCUT2D eigenvalue weighted by Gasteiger charge is -2.43. The Labute approximate surface area is 537 Å². The Morgan fingerprint density at radius 3 is 0.859 bits per heavy atom. The minimum absolute atomic E-state index is 0.308. The van der Waals surface area contributed by atoms with Crippen molar-refractivity contribution in [2.24, 2.45) is 0 Å². The molecule has 0 unspecified atom stereocenters. The molecule has 2 heterocycles. The number of para-hydroxylation sites is 6. The fourth-order valence-corrected chi connectivity index (χ4v) is 16.4. The van der Waals surface area contributed by atoms with Gasteiger partial charge in [-0.25, -0.2) is 0 Å². The van der Waals surface area contributed by atoms with Crippen molar-refractivity contribution >= 4 is 98.8 Å². The van der Waals surface area contributed by atoms with E-state index in [2.05, 4.69) is 353 Å². The van der Waals surface area contributed by atoms with Crippen LogP contribution in [0.1, 0.15) is 49.9 Å². The summed E-state index contributed by atoms with van der Waals surface area (Å²) >= 11 is 0. The number of nitrogens with zero attached hydrogens (tertiary/aromatic N) is 2. The lowest BCUT2D eigenvalue weighted by atomic mass is 9.72. The van der Waals surface area contributed by atoms with Gasteiger partial charge in [-0.3, -0.25) is 0 Å². The van der Waals surface area contributed by atoms with Gasteiger partial charge < -0.3 is 9.80 Å². The molecule has 16 aromatic carbocycles. The van der Waals surface area contributed by atoms with E-state index in [1.165, 1.54) is 165 Å². The molecule has 0 aliphatic carbocycles. The fraction of sp³-hybridized carbons (Fsp3) is 0.0667. The van der Waals surface area contributed by atoms with Gasteiger partial charge in [-0.2, -0.15) is 0 Å². The van der Waals surface area contributed by atoms with Gasteiger partial charge in [0.2, 0.25) is 0 Å². The molecule has 0 aromatic heterocycles. The minimum atomic E-state index is -0.308. The quantitative estimate of drug-likeness (QED) is 0.147. The summed E-state index contributed by atoms with van der Waals surface area (Å²) in [6, 6.07) is 119. The monoisotopic (exact) mass is 1170 g/mol. The highest BCUT2D eigenvalue weighted by molar-refractivity contribution is 6.29. The SMILES string of the molecule is CC1(C)c2ccccc2N(c2ccccc2)c2c(-c3cccc4c(-c5c6cccc(-c7cccc8ccccc78)c6cc6c(-c7cccc8ccccc78)cccc56)c5cccc(-c6cccc7c6N(c6ccccc6)c6ccccc6C7(C)C)c5cc34)cccc21. The van der Waals surface area contributed by atoms with Gasteiger partial charge in [-0.15, -0.1) is 0 Å². The molecule has 0 N–H and O–H groups in total. The van der Waals surface area contributed by atoms with E-state index in [1.54, 1.807) is 0 Å². The number of benzene rings is 16. The first-order valence-corrected chi connectivity index (χ1v) is 32.3. The van der Waals surface area contributed by atoms with Crippen molar-refractivity contribution in [2.45, 2.75) is 38.5 Å². The van der Waals surface area contributed by atoms with Crippen LogP contribution in [0.3, 0.4) is 0 Å². The molecular formula is C90H64N2. The summed E-state index contributed by atoms with van der Waals surface area (Å²) in [5, 5.41) is 14.5. The van der Waals surface area contributed by atoms with Crippen LogP contribution in [-0.4, -0.2) is 0 Å². The fourth-order valence-electron chi connectivity index (χ4n) is 16.4. The van der Waals surface area contributed by atoms with Crippen molar-refractivity contribution in [3.8, 4) is 55.6 Å². The second-order valence-electron chi connectivity index (χ2n) is 26.2. The average molecular weight is 1170 g/mol. The summed E-state index contributed by atoms with van der Waals surface area (Å²) in [5.41, 5.74) is 23.7. The number of fused-ring (bicyclic) bond motifs is 10. The van der Waals surface area contributed by atoms with Crippen LogP contribution in [-0.2, 0) is 10.8 Å². The van der Waals surface area contributed by atoms with E-state index in [-0.39, 0.29) is 10.8 Å². The summed E-state index contributed by atoms with van der Waals surface area (Å²) < 4.78 is 0. The van der Waals surface area contributed by atoms with Crippen LogP contribution < -0.4 is 9.80 Å². The summed E-state index contributed by atoms with van der Waals surface area (Å²) in [6.07, 6.45) is 0. The van der Waals surface area contributed by atoms with Gasteiger partial charge in [0, 0.05) is 33.3 Å². The molecule has 2 heteroatoms. The molecule has 18 rings (SSSR count). The van der Waals surface area contributed by atoms with Crippen LogP contribution in [0.5, 0.6) is 0 Å². The highest BCUT2D eigenvalue weighted by atomic mass is 15.2. The lowest BCUT2D eigenvalue weighted by Crippen LogP contribution is -2.31. The third-order valence-corrected chi connectivity index (χ3v) is 20.6. The van der Waals surface area contributed by atoms with Crippen LogP contribution in [0.15, 0.2) is 315 Å². The zero-order valence-corrected chi connectivity index (χ0v) is 51.9. The molecule has 0 amide bonds. The summed E-state index contributed by atoms with van der Waals surface area (Å²) in [6.45, 7) is 9.62. The Kier molecular flexibility index (Phi) is 12.0. The van der Waals surface area contributed by atoms with Crippen LogP contribution in [0.2, 0.25) is 0 Å². The van der Waals surface area contributed by atoms with Gasteiger partial charge in [0.25, 0.3) is 0 Å². The first-order chi connectivity index (χ1) is 45.2. The predicted octanol–water partition coefficient (Wildman–Crippen LogP) is 25.2. The van der Waals surface area contributed by atoms with E-state index in [0.717, 1.165) is 11.4 Å². The molecule has 0 radical (unpaired) electrons. The van der Waals surface area contributed by atoms with Crippen LogP contribution in [0.4, 0.5) is 34.1 Å². The molecule has 92 heavy (non-hydrogen) atoms. The molecule has 0 saturated heterocycles. The molecule has 2 aliphatic heterocycles. The molecule has 2 nitrogen and oxygen atoms in total. The number of anilines is 6. The third-order valence-electron chi connectivity index (χ3n) is 20.6. The van der Waals surface area contributed by atoms with E-state index < -0.39 is 0 Å². The van der Waals surface area contributed by atoms with Gasteiger partial charge in [-0.1, -0.05) is 295 Å². The van der Waals surface area contributed by atoms with Gasteiger partial charge in [0.1, 0.15) is 0 Å². The van der Waals surface area contributed by atoms with Gasteiger partial charge in [0.15, 0.2) is 0 Å². The van der Waals surface area contributed by atoms with Crippen molar-refractivity contribution < 1.29 is 0 Å². The minimum Gasteiger partial charge on any atom is -0.309 e. The molecule has 0 fully saturated rings. The second-order valence-corrected chi connectivity index (χ2v) is 26.2. The summed E-state index contributed by atoms with van der Waals surface area (Å²) in [5.74, 6) is 0. The summed E-state index contributed by atoms with van der Waals surface area (Å²) in [4.78, 5) is 5.07. The van der Waals surface area contributed by atoms with E-state index >= 15 is 0 Å². The first-order valence-electron chi connectivity index (χ1n) is 32.3. The average Bonchev–Trinajstić information content (AvgIpc) is 0.730. The first kappa shape index (κ1) is 53.7. The largest absolute Gasteiger partial charge is 0.309 e. The topological polar surface area (TPSA) is 6.48 Å². The normalized spacial score (nSPS) is 13.8. The Morgan fingerprint density at radius 1 is 0.207 bits per heavy atom. The Morgan fingerprint density at radius 2 is 0.467 bits per heavy atom. The highest BCUT2D eigenvalue weighted by Crippen LogP contribution is 2.59. The maximum absolute atomic E-state index is 2.57. The number of hydrogen-bond acceptors (Lipinski definition) is 2. The Bertz CT molecular complexity index is 5360. The lowest BCUT2D eigenvalue weighted by molar-refractivity contribution is 0.632. The van der Waals surface area contributed by atoms with Crippen molar-refractivity contribution in [1.29, 1.82) is 0 Å². The molecule has 0 saturated carbocycles. The van der Waals surface area contributed by atoms with E-state index in [1.807, 2.05) is 0 Å². The van der Waals surface area contributed by atoms with Crippen molar-refractivity contribution in [3.05, 3.63) is 338 Å². The summed E-state index contributed by atoms with van der Waals surface area (Å²) in [7, 11) is 0. The number of rotatable bonds is 7. The molecule has 0 spiro atoms. The third kappa shape index (κ3) is 7.93. The Balaban J connectivity index is 1.02. The molecule has 2 aliphatic rings. The van der Waals surface area contributed by atoms with Crippen molar-refractivity contribution in [1.82, 2.24) is 0 Å². The van der Waals surface area contributed by atoms with Crippen molar-refractivity contribution in [3.63, 3.8) is 0 Å². The predicted molar refractivity (Wildman–Crippen MR) is 392 cm³/mol. The standard InChI is InChI=1S/C90H64N2/c1-89(2)79-49-15-17-53-83(79)91(59-31-7-5-8-32-59)87-73(47-25-51-81(87)89)67-41-23-45-71-77(67)56-78-68(74-48-26-52-82-88(74)92(60-33-9-6-10-34-60)84-54-18-16-50-80(84)90(82,3)4)42-24-46-72(78)86(71)85-69-43-21-39-65(63-37-19-29-57-27-11-13-35-61(57)63)75(69)55-76-66(40-22-44-70(76)85)64-38-20-30-58-28-12-14-36-62(58)64/h5-56H,1-4H3. The molecule has 16 aromatic rings. The smallest absolute Gasteiger partial charge is 0.0581 e. The van der Waals surface area contributed by atoms with Crippen molar-refractivity contribution in [2.75, 3.05) is 9.80 Å². The van der Waals surface area contributed by atoms with E-state index in [0.29, 0.717) is 0 Å². The van der Waals surface area contributed by atoms with Gasteiger partial charge in [-0.05, 0) is 180 Å². The van der Waals surface area contributed by atoms with Crippen LogP contribution >= 0.6 is 0 Å². The molecular weight excluding hydrogens is 1110 g/mol. The molecule has 0 bridgehead atoms. The highest BCUT2D eigenvalue weighted by Gasteiger charge is 2.40. The zero-order valence-electron chi connectivity index (χ0n) is 51.9. The number of hydrogen-bond donors (Lipinski definition) is 0. The molecule has 434 valence electrons. The molecule has 0 atom stereocenters. The van der Waals surface area contributed by atoms with Gasteiger partial charge in [0.05, 0.1) is 22.7 Å². The Hall–Kier alpha value is -11.3. The maximum atomic E-state index is 2.57. The van der Waals surface area contributed by atoms with Crippen LogP contribution in [0.25, 0.3) is 120 Å². The maximum Gasteiger partial charge on any atom is 0.0581 e. The van der Waals surface area contributed by atoms with Crippen LogP contribution in [0, 0.1) is 0 Å². The zero-order chi connectivity index (χ0) is 61.4. The second kappa shape index (κ2) is 20.6. The van der Waals surface area contributed by atoms with E-state index in [9.17, 15) is 0 Å². The van der Waals surface area contributed by atoms with Gasteiger partial charge >= 0.3 is 0 Å².